The zero-order valence-corrected chi connectivity index (χ0v) is 11.5. The van der Waals surface area contributed by atoms with Gasteiger partial charge in [-0.2, -0.15) is 0 Å². The van der Waals surface area contributed by atoms with E-state index in [1.165, 1.54) is 0 Å². The number of hydrogen-bond acceptors (Lipinski definition) is 5. The van der Waals surface area contributed by atoms with Crippen molar-refractivity contribution in [3.05, 3.63) is 5.82 Å². The lowest BCUT2D eigenvalue weighted by Crippen LogP contribution is -2.47. The van der Waals surface area contributed by atoms with Crippen LogP contribution in [0.2, 0.25) is 0 Å². The number of unbranched alkanes of at least 4 members (excludes halogenated alkanes) is 1. The van der Waals surface area contributed by atoms with Crippen molar-refractivity contribution in [3.63, 3.8) is 0 Å². The quantitative estimate of drug-likeness (QED) is 0.786. The lowest BCUT2D eigenvalue weighted by atomic mass is 10.2. The van der Waals surface area contributed by atoms with Crippen molar-refractivity contribution in [1.29, 1.82) is 0 Å². The highest BCUT2D eigenvalue weighted by atomic mass is 16.5. The van der Waals surface area contributed by atoms with E-state index in [4.69, 9.17) is 4.74 Å². The van der Waals surface area contributed by atoms with E-state index in [2.05, 4.69) is 41.2 Å². The molecule has 0 amide bonds. The molecule has 2 rings (SSSR count). The number of aryl methyl sites for hydroxylation is 1. The fraction of sp³-hybridized carbons (Fsp3) is 0.917. The number of morpholine rings is 1. The van der Waals surface area contributed by atoms with Gasteiger partial charge in [-0.25, -0.2) is 4.68 Å². The summed E-state index contributed by atoms with van der Waals surface area (Å²) in [4.78, 5) is 2.39. The molecule has 0 N–H and O–H groups in total. The highest BCUT2D eigenvalue weighted by Gasteiger charge is 2.24. The van der Waals surface area contributed by atoms with Crippen LogP contribution in [0.5, 0.6) is 0 Å². The second kappa shape index (κ2) is 6.24. The number of tetrazole rings is 1. The van der Waals surface area contributed by atoms with Crippen molar-refractivity contribution in [2.45, 2.75) is 58.8 Å². The number of hydrogen-bond donors (Lipinski definition) is 0. The Balaban J connectivity index is 1.97. The van der Waals surface area contributed by atoms with Gasteiger partial charge in [-0.3, -0.25) is 4.90 Å². The first kappa shape index (κ1) is 13.4. The van der Waals surface area contributed by atoms with Crippen LogP contribution in [-0.4, -0.2) is 50.4 Å². The van der Waals surface area contributed by atoms with Gasteiger partial charge >= 0.3 is 0 Å². The Morgan fingerprint density at radius 1 is 1.39 bits per heavy atom. The summed E-state index contributed by atoms with van der Waals surface area (Å²) in [6.45, 7) is 9.93. The standard InChI is InChI=1S/C12H23N5O/c1-4-5-6-17-12(13-14-15-17)8-16-7-11(3)18-9-10(16)2/h10-11H,4-9H2,1-3H3/t10-,11+/m0/s1. The molecule has 1 aromatic heterocycles. The second-order valence-electron chi connectivity index (χ2n) is 5.09. The van der Waals surface area contributed by atoms with Crippen LogP contribution in [0.4, 0.5) is 0 Å². The molecule has 1 saturated heterocycles. The summed E-state index contributed by atoms with van der Waals surface area (Å²) in [7, 11) is 0. The van der Waals surface area contributed by atoms with Gasteiger partial charge in [-0.05, 0) is 30.7 Å². The van der Waals surface area contributed by atoms with E-state index in [0.29, 0.717) is 12.1 Å². The third-order valence-electron chi connectivity index (χ3n) is 3.41. The van der Waals surface area contributed by atoms with E-state index in [-0.39, 0.29) is 0 Å². The lowest BCUT2D eigenvalue weighted by molar-refractivity contribution is -0.0539. The molecule has 1 aromatic rings. The summed E-state index contributed by atoms with van der Waals surface area (Å²) in [6, 6.07) is 0.428. The van der Waals surface area contributed by atoms with Crippen LogP contribution in [-0.2, 0) is 17.8 Å². The molecule has 102 valence electrons. The summed E-state index contributed by atoms with van der Waals surface area (Å²) in [5, 5.41) is 12.0. The molecule has 1 fully saturated rings. The lowest BCUT2D eigenvalue weighted by Gasteiger charge is -2.36. The van der Waals surface area contributed by atoms with Crippen LogP contribution in [0.1, 0.15) is 39.4 Å². The summed E-state index contributed by atoms with van der Waals surface area (Å²) in [6.07, 6.45) is 2.57. The molecule has 6 heteroatoms. The van der Waals surface area contributed by atoms with E-state index in [1.807, 2.05) is 4.68 Å². The monoisotopic (exact) mass is 253 g/mol. The Kier molecular flexibility index (Phi) is 4.66. The molecule has 6 nitrogen and oxygen atoms in total. The maximum Gasteiger partial charge on any atom is 0.165 e. The zero-order valence-electron chi connectivity index (χ0n) is 11.5. The SMILES string of the molecule is CCCCn1nnnc1CN1C[C@@H](C)OC[C@@H]1C. The van der Waals surface area contributed by atoms with Gasteiger partial charge in [0, 0.05) is 19.1 Å². The molecule has 18 heavy (non-hydrogen) atoms. The van der Waals surface area contributed by atoms with Gasteiger partial charge in [-0.1, -0.05) is 13.3 Å². The molecular weight excluding hydrogens is 230 g/mol. The summed E-state index contributed by atoms with van der Waals surface area (Å²) < 4.78 is 7.56. The van der Waals surface area contributed by atoms with E-state index in [9.17, 15) is 0 Å². The van der Waals surface area contributed by atoms with Crippen molar-refractivity contribution in [1.82, 2.24) is 25.1 Å². The van der Waals surface area contributed by atoms with Gasteiger partial charge in [0.25, 0.3) is 0 Å². The molecule has 2 atom stereocenters. The fourth-order valence-electron chi connectivity index (χ4n) is 2.19. The van der Waals surface area contributed by atoms with Crippen molar-refractivity contribution < 1.29 is 4.74 Å². The van der Waals surface area contributed by atoms with Gasteiger partial charge in [0.15, 0.2) is 5.82 Å². The third kappa shape index (κ3) is 3.26. The minimum Gasteiger partial charge on any atom is -0.376 e. The molecule has 0 spiro atoms. The van der Waals surface area contributed by atoms with Crippen molar-refractivity contribution in [2.75, 3.05) is 13.2 Å². The fourth-order valence-corrected chi connectivity index (χ4v) is 2.19. The molecular formula is C12H23N5O. The molecule has 0 aliphatic carbocycles. The zero-order chi connectivity index (χ0) is 13.0. The van der Waals surface area contributed by atoms with Crippen molar-refractivity contribution >= 4 is 0 Å². The molecule has 1 aliphatic heterocycles. The first-order valence-corrected chi connectivity index (χ1v) is 6.81. The normalized spacial score (nSPS) is 25.5. The average molecular weight is 253 g/mol. The smallest absolute Gasteiger partial charge is 0.165 e. The Labute approximate surface area is 108 Å². The Morgan fingerprint density at radius 3 is 3.00 bits per heavy atom. The maximum atomic E-state index is 5.63. The third-order valence-corrected chi connectivity index (χ3v) is 3.41. The first-order valence-electron chi connectivity index (χ1n) is 6.81. The average Bonchev–Trinajstić information content (AvgIpc) is 2.79. The summed E-state index contributed by atoms with van der Waals surface area (Å²) >= 11 is 0. The minimum absolute atomic E-state index is 0.293. The molecule has 0 unspecified atom stereocenters. The Bertz CT molecular complexity index is 367. The van der Waals surface area contributed by atoms with Crippen LogP contribution in [0, 0.1) is 0 Å². The van der Waals surface area contributed by atoms with Crippen LogP contribution in [0.15, 0.2) is 0 Å². The molecule has 0 saturated carbocycles. The molecule has 2 heterocycles. The highest BCUT2D eigenvalue weighted by molar-refractivity contribution is 4.85. The number of rotatable bonds is 5. The Hall–Kier alpha value is -1.01. The highest BCUT2D eigenvalue weighted by Crippen LogP contribution is 2.14. The molecule has 0 aromatic carbocycles. The van der Waals surface area contributed by atoms with Crippen LogP contribution in [0.25, 0.3) is 0 Å². The maximum absolute atomic E-state index is 5.63. The van der Waals surface area contributed by atoms with E-state index < -0.39 is 0 Å². The van der Waals surface area contributed by atoms with E-state index >= 15 is 0 Å². The van der Waals surface area contributed by atoms with Crippen molar-refractivity contribution in [3.8, 4) is 0 Å². The Morgan fingerprint density at radius 2 is 2.22 bits per heavy atom. The van der Waals surface area contributed by atoms with Crippen LogP contribution < -0.4 is 0 Å². The first-order chi connectivity index (χ1) is 8.70. The molecule has 0 radical (unpaired) electrons. The van der Waals surface area contributed by atoms with Crippen molar-refractivity contribution in [2.24, 2.45) is 0 Å². The topological polar surface area (TPSA) is 56.1 Å². The number of aromatic nitrogens is 4. The van der Waals surface area contributed by atoms with Gasteiger partial charge in [0.1, 0.15) is 0 Å². The predicted molar refractivity (Wildman–Crippen MR) is 68.0 cm³/mol. The summed E-state index contributed by atoms with van der Waals surface area (Å²) in [5.74, 6) is 0.962. The summed E-state index contributed by atoms with van der Waals surface area (Å²) in [5.41, 5.74) is 0. The van der Waals surface area contributed by atoms with Crippen LogP contribution in [0.3, 0.4) is 0 Å². The number of ether oxygens (including phenoxy) is 1. The van der Waals surface area contributed by atoms with Gasteiger partial charge in [0.05, 0.1) is 19.3 Å². The number of nitrogens with zero attached hydrogens (tertiary/aromatic N) is 5. The van der Waals surface area contributed by atoms with Gasteiger partial charge in [0.2, 0.25) is 0 Å². The molecule has 0 bridgehead atoms. The minimum atomic E-state index is 0.293. The van der Waals surface area contributed by atoms with Crippen LogP contribution >= 0.6 is 0 Å². The van der Waals surface area contributed by atoms with E-state index in [1.54, 1.807) is 0 Å². The largest absolute Gasteiger partial charge is 0.376 e. The van der Waals surface area contributed by atoms with Gasteiger partial charge in [-0.15, -0.1) is 5.10 Å². The molecule has 1 aliphatic rings. The second-order valence-corrected chi connectivity index (χ2v) is 5.09. The van der Waals surface area contributed by atoms with Gasteiger partial charge < -0.3 is 4.74 Å². The predicted octanol–water partition coefficient (Wildman–Crippen LogP) is 1.08. The van der Waals surface area contributed by atoms with E-state index in [0.717, 1.165) is 44.9 Å².